The van der Waals surface area contributed by atoms with Gasteiger partial charge in [-0.2, -0.15) is 0 Å². The Hall–Kier alpha value is -3.72. The van der Waals surface area contributed by atoms with Gasteiger partial charge in [0.05, 0.1) is 12.9 Å². The van der Waals surface area contributed by atoms with E-state index in [0.717, 1.165) is 36.2 Å². The number of anilines is 1. The number of nitrogens with zero attached hydrogens (tertiary/aromatic N) is 4. The minimum absolute atomic E-state index is 0.0127. The van der Waals surface area contributed by atoms with E-state index in [2.05, 4.69) is 32.4 Å². The lowest BCUT2D eigenvalue weighted by molar-refractivity contribution is -0.139. The van der Waals surface area contributed by atoms with Crippen LogP contribution in [0, 0.1) is 19.8 Å². The van der Waals surface area contributed by atoms with Crippen LogP contribution in [0.15, 0.2) is 72.2 Å². The van der Waals surface area contributed by atoms with Gasteiger partial charge in [0.1, 0.15) is 11.8 Å². The summed E-state index contributed by atoms with van der Waals surface area (Å²) in [7, 11) is 1.60. The molecule has 0 fully saturated rings. The van der Waals surface area contributed by atoms with Gasteiger partial charge in [0.2, 0.25) is 11.8 Å². The maximum Gasteiger partial charge on any atom is 0.247 e. The molecule has 0 aliphatic heterocycles. The predicted molar refractivity (Wildman–Crippen MR) is 149 cm³/mol. The zero-order valence-electron chi connectivity index (χ0n) is 22.0. The van der Waals surface area contributed by atoms with Gasteiger partial charge in [0, 0.05) is 36.0 Å². The normalized spacial score (nSPS) is 15.5. The molecule has 0 radical (unpaired) electrons. The van der Waals surface area contributed by atoms with Crippen LogP contribution in [0.5, 0.6) is 5.75 Å². The Morgan fingerprint density at radius 2 is 1.89 bits per heavy atom. The first-order valence-electron chi connectivity index (χ1n) is 12.7. The van der Waals surface area contributed by atoms with Crippen LogP contribution in [0.25, 0.3) is 0 Å². The fourth-order valence-electron chi connectivity index (χ4n) is 4.60. The van der Waals surface area contributed by atoms with E-state index < -0.39 is 6.04 Å². The quantitative estimate of drug-likeness (QED) is 0.224. The number of benzene rings is 1. The third kappa shape index (κ3) is 7.41. The number of carbonyl (C=O) groups is 2. The molecule has 4 rings (SSSR count). The number of hydrogen-bond acceptors (Lipinski definition) is 7. The summed E-state index contributed by atoms with van der Waals surface area (Å²) in [5, 5.41) is 3.59. The van der Waals surface area contributed by atoms with Crippen molar-refractivity contribution < 1.29 is 14.3 Å². The summed E-state index contributed by atoms with van der Waals surface area (Å²) in [6, 6.07) is 12.2. The molecule has 1 aliphatic carbocycles. The summed E-state index contributed by atoms with van der Waals surface area (Å²) < 4.78 is 5.24. The van der Waals surface area contributed by atoms with E-state index in [1.807, 2.05) is 32.0 Å². The van der Waals surface area contributed by atoms with Crippen LogP contribution < -0.4 is 10.1 Å². The Morgan fingerprint density at radius 3 is 2.53 bits per heavy atom. The minimum Gasteiger partial charge on any atom is -0.497 e. The molecule has 9 heteroatoms. The van der Waals surface area contributed by atoms with Crippen LogP contribution in [-0.2, 0) is 16.1 Å². The molecule has 8 nitrogen and oxygen atoms in total. The average molecular weight is 532 g/mol. The molecule has 0 unspecified atom stereocenters. The monoisotopic (exact) mass is 531 g/mol. The van der Waals surface area contributed by atoms with Crippen LogP contribution in [-0.4, -0.2) is 50.6 Å². The number of pyridine rings is 1. The van der Waals surface area contributed by atoms with Gasteiger partial charge in [-0.05, 0) is 81.0 Å². The van der Waals surface area contributed by atoms with Crippen LogP contribution in [0.4, 0.5) is 5.69 Å². The third-order valence-corrected chi connectivity index (χ3v) is 7.23. The molecule has 1 aromatic carbocycles. The van der Waals surface area contributed by atoms with Gasteiger partial charge in [0.25, 0.3) is 0 Å². The number of carbonyl (C=O) groups excluding carboxylic acids is 2. The molecule has 0 saturated heterocycles. The Labute approximate surface area is 227 Å². The van der Waals surface area contributed by atoms with Crippen molar-refractivity contribution in [1.29, 1.82) is 0 Å². The van der Waals surface area contributed by atoms with Gasteiger partial charge >= 0.3 is 0 Å². The second-order valence-corrected chi connectivity index (χ2v) is 10.3. The molecule has 2 atom stereocenters. The van der Waals surface area contributed by atoms with Gasteiger partial charge in [-0.3, -0.25) is 14.6 Å². The molecule has 1 N–H and O–H groups in total. The van der Waals surface area contributed by atoms with Crippen LogP contribution in [0.1, 0.15) is 36.2 Å². The van der Waals surface area contributed by atoms with E-state index in [9.17, 15) is 9.59 Å². The van der Waals surface area contributed by atoms with E-state index >= 15 is 0 Å². The largest absolute Gasteiger partial charge is 0.497 e. The van der Waals surface area contributed by atoms with Gasteiger partial charge < -0.3 is 15.0 Å². The minimum atomic E-state index is -0.657. The number of rotatable bonds is 10. The summed E-state index contributed by atoms with van der Waals surface area (Å²) in [6.45, 7) is 4.10. The lowest BCUT2D eigenvalue weighted by Crippen LogP contribution is -2.51. The van der Waals surface area contributed by atoms with Crippen molar-refractivity contribution in [2.24, 2.45) is 5.92 Å². The highest BCUT2D eigenvalue weighted by Crippen LogP contribution is 2.29. The predicted octanol–water partition coefficient (Wildman–Crippen LogP) is 4.98. The Kier molecular flexibility index (Phi) is 9.48. The average Bonchev–Trinajstić information content (AvgIpc) is 2.92. The fourth-order valence-corrected chi connectivity index (χ4v) is 5.44. The first-order valence-corrected chi connectivity index (χ1v) is 13.6. The van der Waals surface area contributed by atoms with Crippen molar-refractivity contribution in [2.75, 3.05) is 18.2 Å². The highest BCUT2D eigenvalue weighted by atomic mass is 32.2. The zero-order valence-corrected chi connectivity index (χ0v) is 22.8. The Morgan fingerprint density at radius 1 is 1.13 bits per heavy atom. The molecule has 1 aliphatic rings. The van der Waals surface area contributed by atoms with Gasteiger partial charge in [0.15, 0.2) is 5.16 Å². The Balaban J connectivity index is 1.62. The molecule has 0 bridgehead atoms. The molecular formula is C29H33N5O3S. The van der Waals surface area contributed by atoms with Crippen molar-refractivity contribution in [2.45, 2.75) is 50.9 Å². The summed E-state index contributed by atoms with van der Waals surface area (Å²) in [5.74, 6) is 0.460. The maximum absolute atomic E-state index is 13.9. The third-order valence-electron chi connectivity index (χ3n) is 6.40. The number of nitrogens with one attached hydrogen (secondary N) is 1. The van der Waals surface area contributed by atoms with Crippen molar-refractivity contribution in [3.8, 4) is 5.75 Å². The van der Waals surface area contributed by atoms with Crippen LogP contribution in [0.2, 0.25) is 0 Å². The molecular weight excluding hydrogens is 498 g/mol. The smallest absolute Gasteiger partial charge is 0.247 e. The first-order chi connectivity index (χ1) is 18.4. The summed E-state index contributed by atoms with van der Waals surface area (Å²) in [5.41, 5.74) is 3.22. The van der Waals surface area contributed by atoms with Crippen molar-refractivity contribution in [3.05, 3.63) is 84.0 Å². The number of amides is 2. The molecule has 2 heterocycles. The lowest BCUT2D eigenvalue weighted by Gasteiger charge is -2.37. The van der Waals surface area contributed by atoms with Crippen LogP contribution in [0.3, 0.4) is 0 Å². The van der Waals surface area contributed by atoms with E-state index in [0.29, 0.717) is 16.6 Å². The first kappa shape index (κ1) is 27.3. The standard InChI is InChI=1S/C29H33N5O3S/c1-20-16-21(2)32-29(31-20)38-19-26(35)34(18-22-8-7-15-30-17-22)27(23-9-5-4-6-10-23)28(36)33-24-11-13-25(37-3)14-12-24/h4-5,7-8,11-17,23,27H,6,9-10,18-19H2,1-3H3,(H,33,36)/t23-,27-/m1/s1. The van der Waals surface area contributed by atoms with E-state index in [1.165, 1.54) is 11.8 Å². The number of aromatic nitrogens is 3. The van der Waals surface area contributed by atoms with Gasteiger partial charge in [-0.1, -0.05) is 30.0 Å². The topological polar surface area (TPSA) is 97.3 Å². The number of allylic oxidation sites excluding steroid dienone is 2. The lowest BCUT2D eigenvalue weighted by atomic mass is 9.86. The number of ether oxygens (including phenoxy) is 1. The zero-order chi connectivity index (χ0) is 26.9. The molecule has 2 amide bonds. The summed E-state index contributed by atoms with van der Waals surface area (Å²) >= 11 is 1.29. The molecule has 3 aromatic rings. The maximum atomic E-state index is 13.9. The van der Waals surface area contributed by atoms with E-state index in [4.69, 9.17) is 4.74 Å². The number of methoxy groups -OCH3 is 1. The highest BCUT2D eigenvalue weighted by molar-refractivity contribution is 7.99. The van der Waals surface area contributed by atoms with Crippen molar-refractivity contribution in [1.82, 2.24) is 19.9 Å². The fraction of sp³-hybridized carbons (Fsp3) is 0.345. The van der Waals surface area contributed by atoms with Gasteiger partial charge in [-0.15, -0.1) is 0 Å². The summed E-state index contributed by atoms with van der Waals surface area (Å²) in [4.78, 5) is 42.5. The van der Waals surface area contributed by atoms with Crippen molar-refractivity contribution >= 4 is 29.3 Å². The molecule has 38 heavy (non-hydrogen) atoms. The Bertz CT molecular complexity index is 1250. The second-order valence-electron chi connectivity index (χ2n) is 9.31. The molecule has 2 aromatic heterocycles. The number of hydrogen-bond donors (Lipinski definition) is 1. The molecule has 198 valence electrons. The number of aryl methyl sites for hydroxylation is 2. The van der Waals surface area contributed by atoms with E-state index in [-0.39, 0.29) is 30.0 Å². The second kappa shape index (κ2) is 13.2. The van der Waals surface area contributed by atoms with Crippen LogP contribution >= 0.6 is 11.8 Å². The van der Waals surface area contributed by atoms with Gasteiger partial charge in [-0.25, -0.2) is 9.97 Å². The highest BCUT2D eigenvalue weighted by Gasteiger charge is 2.36. The SMILES string of the molecule is COc1ccc(NC(=O)[C@@H]([C@@H]2CC=CCC2)N(Cc2cccnc2)C(=O)CSc2nc(C)cc(C)n2)cc1. The van der Waals surface area contributed by atoms with Crippen molar-refractivity contribution in [3.63, 3.8) is 0 Å². The summed E-state index contributed by atoms with van der Waals surface area (Å²) in [6.07, 6.45) is 10.1. The molecule has 0 saturated carbocycles. The molecule has 0 spiro atoms. The van der Waals surface area contributed by atoms with E-state index in [1.54, 1.807) is 48.7 Å². The number of thioether (sulfide) groups is 1.